The van der Waals surface area contributed by atoms with Gasteiger partial charge in [-0.15, -0.1) is 0 Å². The molecule has 1 aliphatic rings. The molecule has 0 aliphatic carbocycles. The van der Waals surface area contributed by atoms with Crippen LogP contribution in [-0.4, -0.2) is 38.7 Å². The minimum absolute atomic E-state index is 0.0541. The van der Waals surface area contributed by atoms with Gasteiger partial charge in [0.1, 0.15) is 11.6 Å². The summed E-state index contributed by atoms with van der Waals surface area (Å²) in [7, 11) is 0. The van der Waals surface area contributed by atoms with Crippen LogP contribution in [0.3, 0.4) is 0 Å². The van der Waals surface area contributed by atoms with Crippen molar-refractivity contribution in [1.29, 1.82) is 0 Å². The number of aromatic amines is 2. The number of hydrogen-bond donors (Lipinski definition) is 2. The number of carbonyl (C=O) groups is 1. The fourth-order valence-corrected chi connectivity index (χ4v) is 5.61. The summed E-state index contributed by atoms with van der Waals surface area (Å²) in [5.74, 6) is 1.49. The Morgan fingerprint density at radius 2 is 1.72 bits per heavy atom. The summed E-state index contributed by atoms with van der Waals surface area (Å²) in [5, 5.41) is 1.26. The van der Waals surface area contributed by atoms with Crippen LogP contribution in [0.15, 0.2) is 85.1 Å². The number of aromatic nitrogens is 3. The number of nitrogens with zero attached hydrogens (tertiary/aromatic N) is 2. The largest absolute Gasteiger partial charge is 0.361 e. The lowest BCUT2D eigenvalue weighted by Crippen LogP contribution is -2.36. The molecule has 1 atom stereocenters. The Kier molecular flexibility index (Phi) is 6.39. The Balaban J connectivity index is 1.11. The first-order chi connectivity index (χ1) is 17.7. The molecule has 0 spiro atoms. The number of likely N-dealkylation sites (tertiary alicyclic amines) is 1. The van der Waals surface area contributed by atoms with Crippen molar-refractivity contribution in [3.63, 3.8) is 0 Å². The van der Waals surface area contributed by atoms with E-state index < -0.39 is 0 Å². The average molecular weight is 477 g/mol. The molecule has 3 heterocycles. The zero-order chi connectivity index (χ0) is 24.3. The standard InChI is InChI=1S/C31H32N4O/c36-30(24-13-16-35(17-14-24)21-23-10-11-27-25(19-23)12-15-32-27)20-26(18-22-6-2-1-3-7-22)31-33-28-8-4-5-9-29(28)34-31/h1-12,15,19,24,26,32H,13-14,16-18,20-21H2,(H,33,34). The van der Waals surface area contributed by atoms with Crippen molar-refractivity contribution in [2.45, 2.75) is 38.1 Å². The molecular weight excluding hydrogens is 444 g/mol. The number of H-pyrrole nitrogens is 2. The van der Waals surface area contributed by atoms with Crippen LogP contribution >= 0.6 is 0 Å². The third-order valence-electron chi connectivity index (χ3n) is 7.63. The highest BCUT2D eigenvalue weighted by Gasteiger charge is 2.28. The molecule has 0 amide bonds. The lowest BCUT2D eigenvalue weighted by atomic mass is 9.85. The monoisotopic (exact) mass is 476 g/mol. The number of nitrogens with one attached hydrogen (secondary N) is 2. The molecule has 1 unspecified atom stereocenters. The maximum absolute atomic E-state index is 13.5. The molecule has 6 rings (SSSR count). The van der Waals surface area contributed by atoms with Crippen molar-refractivity contribution < 1.29 is 4.79 Å². The quantitative estimate of drug-likeness (QED) is 0.279. The number of para-hydroxylation sites is 2. The van der Waals surface area contributed by atoms with Crippen molar-refractivity contribution >= 4 is 27.7 Å². The molecule has 1 fully saturated rings. The highest BCUT2D eigenvalue weighted by Crippen LogP contribution is 2.29. The number of Topliss-reactive ketones (excluding diaryl/α,β-unsaturated/α-hetero) is 1. The van der Waals surface area contributed by atoms with E-state index in [1.807, 2.05) is 30.5 Å². The van der Waals surface area contributed by atoms with Crippen molar-refractivity contribution in [2.75, 3.05) is 13.1 Å². The predicted molar refractivity (Wildman–Crippen MR) is 145 cm³/mol. The van der Waals surface area contributed by atoms with Gasteiger partial charge in [0, 0.05) is 36.5 Å². The molecule has 1 aliphatic heterocycles. The number of benzene rings is 3. The maximum atomic E-state index is 13.5. The van der Waals surface area contributed by atoms with E-state index in [4.69, 9.17) is 4.98 Å². The van der Waals surface area contributed by atoms with Gasteiger partial charge in [-0.25, -0.2) is 4.98 Å². The van der Waals surface area contributed by atoms with Crippen molar-refractivity contribution in [3.05, 3.63) is 102 Å². The Bertz CT molecular complexity index is 1430. The molecule has 36 heavy (non-hydrogen) atoms. The van der Waals surface area contributed by atoms with E-state index in [9.17, 15) is 4.79 Å². The first-order valence-corrected chi connectivity index (χ1v) is 13.0. The van der Waals surface area contributed by atoms with Crippen molar-refractivity contribution in [3.8, 4) is 0 Å². The normalized spacial score (nSPS) is 16.0. The number of imidazole rings is 1. The zero-order valence-corrected chi connectivity index (χ0v) is 20.5. The average Bonchev–Trinajstić information content (AvgIpc) is 3.56. The number of carbonyl (C=O) groups excluding carboxylic acids is 1. The first kappa shape index (κ1) is 22.7. The fraction of sp³-hybridized carbons (Fsp3) is 0.290. The van der Waals surface area contributed by atoms with Gasteiger partial charge in [-0.2, -0.15) is 0 Å². The van der Waals surface area contributed by atoms with E-state index in [-0.39, 0.29) is 11.8 Å². The van der Waals surface area contributed by atoms with E-state index in [0.717, 1.165) is 55.8 Å². The lowest BCUT2D eigenvalue weighted by Gasteiger charge is -2.32. The smallest absolute Gasteiger partial charge is 0.136 e. The Morgan fingerprint density at radius 3 is 2.56 bits per heavy atom. The summed E-state index contributed by atoms with van der Waals surface area (Å²) < 4.78 is 0. The summed E-state index contributed by atoms with van der Waals surface area (Å²) in [5.41, 5.74) is 5.75. The summed E-state index contributed by atoms with van der Waals surface area (Å²) in [6.07, 6.45) is 5.20. The van der Waals surface area contributed by atoms with Gasteiger partial charge < -0.3 is 9.97 Å². The van der Waals surface area contributed by atoms with Gasteiger partial charge in [-0.1, -0.05) is 48.5 Å². The molecule has 5 heteroatoms. The number of rotatable bonds is 8. The summed E-state index contributed by atoms with van der Waals surface area (Å²) in [6, 6.07) is 27.3. The van der Waals surface area contributed by atoms with E-state index in [2.05, 4.69) is 69.5 Å². The van der Waals surface area contributed by atoms with Gasteiger partial charge in [-0.3, -0.25) is 9.69 Å². The van der Waals surface area contributed by atoms with E-state index in [0.29, 0.717) is 12.2 Å². The van der Waals surface area contributed by atoms with Crippen LogP contribution in [0.4, 0.5) is 0 Å². The van der Waals surface area contributed by atoms with E-state index in [1.165, 1.54) is 22.0 Å². The van der Waals surface area contributed by atoms with Crippen molar-refractivity contribution in [2.24, 2.45) is 5.92 Å². The second-order valence-electron chi connectivity index (χ2n) is 10.1. The topological polar surface area (TPSA) is 64.8 Å². The third kappa shape index (κ3) is 4.98. The van der Waals surface area contributed by atoms with Crippen molar-refractivity contribution in [1.82, 2.24) is 19.9 Å². The summed E-state index contributed by atoms with van der Waals surface area (Å²) in [4.78, 5) is 27.6. The van der Waals surface area contributed by atoms with Crippen LogP contribution in [0.1, 0.15) is 42.1 Å². The maximum Gasteiger partial charge on any atom is 0.136 e. The molecule has 5 nitrogen and oxygen atoms in total. The van der Waals surface area contributed by atoms with Crippen LogP contribution in [-0.2, 0) is 17.8 Å². The second kappa shape index (κ2) is 10.1. The molecule has 1 saturated heterocycles. The number of piperidine rings is 1. The van der Waals surface area contributed by atoms with Crippen LogP contribution in [0.25, 0.3) is 21.9 Å². The molecule has 0 saturated carbocycles. The van der Waals surface area contributed by atoms with Gasteiger partial charge in [0.2, 0.25) is 0 Å². The molecule has 5 aromatic rings. The van der Waals surface area contributed by atoms with Gasteiger partial charge >= 0.3 is 0 Å². The van der Waals surface area contributed by atoms with Gasteiger partial charge in [0.05, 0.1) is 11.0 Å². The molecule has 0 radical (unpaired) electrons. The van der Waals surface area contributed by atoms with Crippen LogP contribution in [0.2, 0.25) is 0 Å². The minimum Gasteiger partial charge on any atom is -0.361 e. The van der Waals surface area contributed by atoms with Crippen LogP contribution < -0.4 is 0 Å². The Morgan fingerprint density at radius 1 is 0.917 bits per heavy atom. The molecular formula is C31H32N4O. The Hall–Kier alpha value is -3.70. The minimum atomic E-state index is 0.0541. The van der Waals surface area contributed by atoms with E-state index in [1.54, 1.807) is 0 Å². The number of fused-ring (bicyclic) bond motifs is 2. The Labute approximate surface area is 211 Å². The van der Waals surface area contributed by atoms with Gasteiger partial charge in [0.15, 0.2) is 0 Å². The van der Waals surface area contributed by atoms with Crippen LogP contribution in [0, 0.1) is 5.92 Å². The summed E-state index contributed by atoms with van der Waals surface area (Å²) in [6.45, 7) is 2.88. The first-order valence-electron chi connectivity index (χ1n) is 13.0. The van der Waals surface area contributed by atoms with Crippen LogP contribution in [0.5, 0.6) is 0 Å². The highest BCUT2D eigenvalue weighted by molar-refractivity contribution is 5.82. The third-order valence-corrected chi connectivity index (χ3v) is 7.63. The SMILES string of the molecule is O=C(CC(Cc1ccccc1)c1nc2ccccc2[nH]1)C1CCN(Cc2ccc3[nH]ccc3c2)CC1. The lowest BCUT2D eigenvalue weighted by molar-refractivity contribution is -0.124. The van der Waals surface area contributed by atoms with Gasteiger partial charge in [-0.05, 0) is 79.2 Å². The zero-order valence-electron chi connectivity index (χ0n) is 20.5. The molecule has 0 bridgehead atoms. The van der Waals surface area contributed by atoms with E-state index >= 15 is 0 Å². The molecule has 2 N–H and O–H groups in total. The predicted octanol–water partition coefficient (Wildman–Crippen LogP) is 6.24. The number of ketones is 1. The molecule has 182 valence electrons. The molecule has 3 aromatic carbocycles. The second-order valence-corrected chi connectivity index (χ2v) is 10.1. The molecule has 2 aromatic heterocycles. The number of hydrogen-bond acceptors (Lipinski definition) is 3. The van der Waals surface area contributed by atoms with Gasteiger partial charge in [0.25, 0.3) is 0 Å². The summed E-state index contributed by atoms with van der Waals surface area (Å²) >= 11 is 0. The fourth-order valence-electron chi connectivity index (χ4n) is 5.61. The highest BCUT2D eigenvalue weighted by atomic mass is 16.1.